The summed E-state index contributed by atoms with van der Waals surface area (Å²) < 4.78 is 41.6. The van der Waals surface area contributed by atoms with Crippen LogP contribution in [0.15, 0.2) is 54.6 Å². The summed E-state index contributed by atoms with van der Waals surface area (Å²) in [5.74, 6) is -0.391. The van der Waals surface area contributed by atoms with Crippen molar-refractivity contribution in [3.05, 3.63) is 65.7 Å². The van der Waals surface area contributed by atoms with Crippen LogP contribution in [-0.4, -0.2) is 11.5 Å². The molecule has 2 rings (SSSR count). The molecule has 0 aliphatic heterocycles. The molecule has 2 aromatic rings. The van der Waals surface area contributed by atoms with Crippen molar-refractivity contribution in [2.45, 2.75) is 25.3 Å². The lowest BCUT2D eigenvalue weighted by Gasteiger charge is -2.30. The summed E-state index contributed by atoms with van der Waals surface area (Å²) in [6.07, 6.45) is -4.59. The Bertz CT molecular complexity index is 596. The van der Waals surface area contributed by atoms with Crippen LogP contribution in [0.5, 0.6) is 5.75 Å². The predicted octanol–water partition coefficient (Wildman–Crippen LogP) is 4.23. The molecule has 0 aliphatic carbocycles. The van der Waals surface area contributed by atoms with Crippen molar-refractivity contribution in [3.63, 3.8) is 0 Å². The Kier molecular flexibility index (Phi) is 4.23. The van der Waals surface area contributed by atoms with Gasteiger partial charge in [-0.3, -0.25) is 0 Å². The molecule has 0 spiro atoms. The molecule has 5 heteroatoms. The zero-order chi connectivity index (χ0) is 15.5. The highest BCUT2D eigenvalue weighted by Gasteiger charge is 2.37. The summed E-state index contributed by atoms with van der Waals surface area (Å²) in [5.41, 5.74) is -0.926. The molecule has 1 N–H and O–H groups in total. The Morgan fingerprint density at radius 2 is 1.52 bits per heavy atom. The number of alkyl halides is 3. The predicted molar refractivity (Wildman–Crippen MR) is 72.9 cm³/mol. The topological polar surface area (TPSA) is 29.5 Å². The normalized spacial score (nSPS) is 14.5. The highest BCUT2D eigenvalue weighted by molar-refractivity contribution is 5.44. The van der Waals surface area contributed by atoms with Crippen LogP contribution in [-0.2, 0) is 5.60 Å². The lowest BCUT2D eigenvalue weighted by atomic mass is 9.83. The molecule has 0 saturated heterocycles. The first-order valence-corrected chi connectivity index (χ1v) is 6.50. The maximum absolute atomic E-state index is 12.5. The maximum atomic E-state index is 12.5. The van der Waals surface area contributed by atoms with E-state index < -0.39 is 17.7 Å². The van der Waals surface area contributed by atoms with Gasteiger partial charge in [0, 0.05) is 5.56 Å². The number of benzene rings is 2. The van der Waals surface area contributed by atoms with Crippen LogP contribution in [0.4, 0.5) is 13.2 Å². The summed E-state index contributed by atoms with van der Waals surface area (Å²) in [4.78, 5) is 0. The number of halogens is 3. The lowest BCUT2D eigenvalue weighted by Crippen LogP contribution is -2.28. The van der Waals surface area contributed by atoms with Gasteiger partial charge in [0.1, 0.15) is 11.4 Å². The largest absolute Gasteiger partial charge is 0.573 e. The van der Waals surface area contributed by atoms with Crippen LogP contribution in [0, 0.1) is 0 Å². The fourth-order valence-electron chi connectivity index (χ4n) is 2.29. The van der Waals surface area contributed by atoms with E-state index in [1.165, 1.54) is 18.2 Å². The van der Waals surface area contributed by atoms with E-state index in [0.717, 1.165) is 0 Å². The molecular formula is C16H15F3O2. The molecule has 0 fully saturated rings. The number of hydrogen-bond acceptors (Lipinski definition) is 2. The SMILES string of the molecule is CCC(O)(c1ccccc1)c1ccccc1OC(F)(F)F. The van der Waals surface area contributed by atoms with Crippen LogP contribution in [0.2, 0.25) is 0 Å². The van der Waals surface area contributed by atoms with Gasteiger partial charge in [0.15, 0.2) is 0 Å². The van der Waals surface area contributed by atoms with Gasteiger partial charge in [0.2, 0.25) is 0 Å². The molecule has 0 heterocycles. The first-order chi connectivity index (χ1) is 9.87. The Balaban J connectivity index is 2.53. The van der Waals surface area contributed by atoms with Gasteiger partial charge in [-0.05, 0) is 18.1 Å². The quantitative estimate of drug-likeness (QED) is 0.915. The molecule has 2 nitrogen and oxygen atoms in total. The smallest absolute Gasteiger partial charge is 0.405 e. The zero-order valence-corrected chi connectivity index (χ0v) is 11.4. The molecule has 0 amide bonds. The fourth-order valence-corrected chi connectivity index (χ4v) is 2.29. The van der Waals surface area contributed by atoms with Crippen LogP contribution in [0.25, 0.3) is 0 Å². The van der Waals surface area contributed by atoms with Gasteiger partial charge in [0.25, 0.3) is 0 Å². The Morgan fingerprint density at radius 3 is 2.10 bits per heavy atom. The summed E-state index contributed by atoms with van der Waals surface area (Å²) in [7, 11) is 0. The minimum Gasteiger partial charge on any atom is -0.405 e. The van der Waals surface area contributed by atoms with E-state index in [-0.39, 0.29) is 12.0 Å². The van der Waals surface area contributed by atoms with E-state index in [9.17, 15) is 18.3 Å². The fraction of sp³-hybridized carbons (Fsp3) is 0.250. The lowest BCUT2D eigenvalue weighted by molar-refractivity contribution is -0.275. The third-order valence-corrected chi connectivity index (χ3v) is 3.32. The minimum atomic E-state index is -4.80. The van der Waals surface area contributed by atoms with Crippen molar-refractivity contribution in [1.82, 2.24) is 0 Å². The van der Waals surface area contributed by atoms with Crippen molar-refractivity contribution in [2.75, 3.05) is 0 Å². The zero-order valence-electron chi connectivity index (χ0n) is 11.4. The highest BCUT2D eigenvalue weighted by atomic mass is 19.4. The molecule has 0 aromatic heterocycles. The average molecular weight is 296 g/mol. The first-order valence-electron chi connectivity index (χ1n) is 6.50. The second kappa shape index (κ2) is 5.77. The van der Waals surface area contributed by atoms with Crippen molar-refractivity contribution in [2.24, 2.45) is 0 Å². The number of hydrogen-bond donors (Lipinski definition) is 1. The van der Waals surface area contributed by atoms with Gasteiger partial charge in [0.05, 0.1) is 0 Å². The van der Waals surface area contributed by atoms with Gasteiger partial charge >= 0.3 is 6.36 Å². The third-order valence-electron chi connectivity index (χ3n) is 3.32. The Morgan fingerprint density at radius 1 is 0.952 bits per heavy atom. The summed E-state index contributed by atoms with van der Waals surface area (Å²) >= 11 is 0. The standard InChI is InChI=1S/C16H15F3O2/c1-2-15(20,12-8-4-3-5-9-12)13-10-6-7-11-14(13)21-16(17,18)19/h3-11,20H,2H2,1H3. The number of ether oxygens (including phenoxy) is 1. The molecular weight excluding hydrogens is 281 g/mol. The number of para-hydroxylation sites is 1. The van der Waals surface area contributed by atoms with Crippen LogP contribution in [0.1, 0.15) is 24.5 Å². The van der Waals surface area contributed by atoms with Crippen LogP contribution < -0.4 is 4.74 Å². The van der Waals surface area contributed by atoms with E-state index >= 15 is 0 Å². The molecule has 1 unspecified atom stereocenters. The van der Waals surface area contributed by atoms with Gasteiger partial charge in [-0.15, -0.1) is 13.2 Å². The van der Waals surface area contributed by atoms with E-state index in [2.05, 4.69) is 4.74 Å². The van der Waals surface area contributed by atoms with Crippen molar-refractivity contribution < 1.29 is 23.0 Å². The highest BCUT2D eigenvalue weighted by Crippen LogP contribution is 2.39. The average Bonchev–Trinajstić information content (AvgIpc) is 2.46. The van der Waals surface area contributed by atoms with Crippen LogP contribution in [0.3, 0.4) is 0 Å². The number of rotatable bonds is 4. The molecule has 2 aromatic carbocycles. The maximum Gasteiger partial charge on any atom is 0.573 e. The summed E-state index contributed by atoms with van der Waals surface area (Å²) in [6, 6.07) is 14.2. The van der Waals surface area contributed by atoms with Crippen molar-refractivity contribution in [1.29, 1.82) is 0 Å². The number of aliphatic hydroxyl groups is 1. The van der Waals surface area contributed by atoms with Crippen molar-refractivity contribution >= 4 is 0 Å². The van der Waals surface area contributed by atoms with E-state index in [1.807, 2.05) is 0 Å². The Labute approximate surface area is 120 Å². The van der Waals surface area contributed by atoms with Gasteiger partial charge in [-0.2, -0.15) is 0 Å². The van der Waals surface area contributed by atoms with Crippen molar-refractivity contribution in [3.8, 4) is 5.75 Å². The molecule has 21 heavy (non-hydrogen) atoms. The second-order valence-electron chi connectivity index (χ2n) is 4.62. The molecule has 1 atom stereocenters. The van der Waals surface area contributed by atoms with Crippen LogP contribution >= 0.6 is 0 Å². The molecule has 112 valence electrons. The van der Waals surface area contributed by atoms with Gasteiger partial charge < -0.3 is 9.84 Å². The molecule has 0 radical (unpaired) electrons. The van der Waals surface area contributed by atoms with Gasteiger partial charge in [-0.25, -0.2) is 0 Å². The molecule has 0 bridgehead atoms. The van der Waals surface area contributed by atoms with E-state index in [1.54, 1.807) is 43.3 Å². The molecule has 0 saturated carbocycles. The molecule has 0 aliphatic rings. The van der Waals surface area contributed by atoms with E-state index in [4.69, 9.17) is 0 Å². The summed E-state index contributed by atoms with van der Waals surface area (Å²) in [5, 5.41) is 10.9. The third kappa shape index (κ3) is 3.36. The second-order valence-corrected chi connectivity index (χ2v) is 4.62. The minimum absolute atomic E-state index is 0.0935. The first kappa shape index (κ1) is 15.4. The van der Waals surface area contributed by atoms with Gasteiger partial charge in [-0.1, -0.05) is 55.5 Å². The Hall–Kier alpha value is -2.01. The monoisotopic (exact) mass is 296 g/mol. The summed E-state index contributed by atoms with van der Waals surface area (Å²) in [6.45, 7) is 1.71. The van der Waals surface area contributed by atoms with E-state index in [0.29, 0.717) is 5.56 Å².